The monoisotopic (exact) mass is 198 g/mol. The van der Waals surface area contributed by atoms with Gasteiger partial charge in [0.15, 0.2) is 0 Å². The molecule has 1 unspecified atom stereocenters. The molecule has 0 aliphatic carbocycles. The minimum absolute atomic E-state index is 0.276. The van der Waals surface area contributed by atoms with E-state index in [0.717, 1.165) is 6.16 Å². The maximum atomic E-state index is 5.62. The molecule has 0 aromatic carbocycles. The quantitative estimate of drug-likeness (QED) is 0.642. The lowest BCUT2D eigenvalue weighted by Gasteiger charge is -2.20. The highest BCUT2D eigenvalue weighted by molar-refractivity contribution is 8.69. The van der Waals surface area contributed by atoms with E-state index in [9.17, 15) is 0 Å². The van der Waals surface area contributed by atoms with Crippen LogP contribution in [-0.2, 0) is 16.3 Å². The molecule has 4 heteroatoms. The fourth-order valence-electron chi connectivity index (χ4n) is 0.568. The minimum Gasteiger partial charge on any atom is -0.339 e. The van der Waals surface area contributed by atoms with Crippen molar-refractivity contribution >= 4 is 28.7 Å². The van der Waals surface area contributed by atoms with Gasteiger partial charge in [0.05, 0.1) is 6.10 Å². The second-order valence-electron chi connectivity index (χ2n) is 2.26. The highest BCUT2D eigenvalue weighted by Gasteiger charge is 2.14. The summed E-state index contributed by atoms with van der Waals surface area (Å²) in [5.41, 5.74) is -1.49. The van der Waals surface area contributed by atoms with Crippen LogP contribution in [0.5, 0.6) is 0 Å². The van der Waals surface area contributed by atoms with Crippen molar-refractivity contribution < 1.29 is 4.52 Å². The SMILES string of the molecule is CCP(=S)(OC(C)C)SC. The molecule has 0 radical (unpaired) electrons. The molecule has 0 aliphatic heterocycles. The van der Waals surface area contributed by atoms with Gasteiger partial charge in [0.1, 0.15) is 5.47 Å². The summed E-state index contributed by atoms with van der Waals surface area (Å²) in [7, 11) is 0. The Morgan fingerprint density at radius 2 is 2.10 bits per heavy atom. The topological polar surface area (TPSA) is 9.23 Å². The molecule has 0 fully saturated rings. The molecule has 0 spiro atoms. The average molecular weight is 198 g/mol. The van der Waals surface area contributed by atoms with Crippen molar-refractivity contribution in [2.75, 3.05) is 12.4 Å². The maximum Gasteiger partial charge on any atom is 0.119 e. The summed E-state index contributed by atoms with van der Waals surface area (Å²) in [4.78, 5) is 0. The average Bonchev–Trinajstić information content (AvgIpc) is 1.87. The first-order valence-electron chi connectivity index (χ1n) is 3.37. The third-order valence-corrected chi connectivity index (χ3v) is 8.19. The summed E-state index contributed by atoms with van der Waals surface area (Å²) < 4.78 is 5.62. The largest absolute Gasteiger partial charge is 0.339 e. The third kappa shape index (κ3) is 3.97. The molecule has 0 rings (SSSR count). The van der Waals surface area contributed by atoms with Crippen molar-refractivity contribution in [2.45, 2.75) is 26.9 Å². The van der Waals surface area contributed by atoms with Crippen LogP contribution in [0.2, 0.25) is 0 Å². The molecule has 1 atom stereocenters. The number of hydrogen-bond acceptors (Lipinski definition) is 3. The van der Waals surface area contributed by atoms with Gasteiger partial charge in [-0.1, -0.05) is 18.7 Å². The molecule has 1 nitrogen and oxygen atoms in total. The molecule has 0 N–H and O–H groups in total. The standard InChI is InChI=1S/C6H15OPS2/c1-5-8(9,10-4)7-6(2)3/h6H,5H2,1-4H3. The normalized spacial score (nSPS) is 17.3. The van der Waals surface area contributed by atoms with Crippen molar-refractivity contribution in [3.63, 3.8) is 0 Å². The smallest absolute Gasteiger partial charge is 0.119 e. The molecule has 10 heavy (non-hydrogen) atoms. The van der Waals surface area contributed by atoms with Gasteiger partial charge < -0.3 is 4.52 Å². The fraction of sp³-hybridized carbons (Fsp3) is 1.00. The van der Waals surface area contributed by atoms with E-state index in [1.165, 1.54) is 0 Å². The summed E-state index contributed by atoms with van der Waals surface area (Å²) in [5.74, 6) is 0. The van der Waals surface area contributed by atoms with E-state index in [-0.39, 0.29) is 6.10 Å². The van der Waals surface area contributed by atoms with Gasteiger partial charge in [0, 0.05) is 6.16 Å². The van der Waals surface area contributed by atoms with Gasteiger partial charge in [-0.3, -0.25) is 0 Å². The Balaban J connectivity index is 3.94. The molecule has 0 aromatic heterocycles. The Hall–Kier alpha value is 0.960. The Morgan fingerprint density at radius 1 is 1.60 bits per heavy atom. The zero-order valence-corrected chi connectivity index (χ0v) is 9.48. The van der Waals surface area contributed by atoms with Crippen LogP contribution in [-0.4, -0.2) is 18.5 Å². The van der Waals surface area contributed by atoms with Gasteiger partial charge in [-0.2, -0.15) is 0 Å². The van der Waals surface area contributed by atoms with E-state index in [2.05, 4.69) is 6.92 Å². The summed E-state index contributed by atoms with van der Waals surface area (Å²) in [6, 6.07) is 0. The molecule has 62 valence electrons. The molecule has 0 saturated heterocycles. The first-order chi connectivity index (χ1) is 4.54. The zero-order valence-electron chi connectivity index (χ0n) is 6.96. The second-order valence-corrected chi connectivity index (χ2v) is 10.0. The Bertz CT molecular complexity index is 128. The minimum atomic E-state index is -1.49. The maximum absolute atomic E-state index is 5.62. The zero-order chi connectivity index (χ0) is 8.20. The lowest BCUT2D eigenvalue weighted by Crippen LogP contribution is -1.99. The molecule has 0 heterocycles. The van der Waals surface area contributed by atoms with Gasteiger partial charge in [-0.15, -0.1) is 11.4 Å². The Morgan fingerprint density at radius 3 is 2.20 bits per heavy atom. The van der Waals surface area contributed by atoms with Crippen molar-refractivity contribution in [3.8, 4) is 0 Å². The summed E-state index contributed by atoms with van der Waals surface area (Å²) in [5, 5.41) is 0. The first-order valence-corrected chi connectivity index (χ1v) is 8.10. The van der Waals surface area contributed by atoms with Crippen molar-refractivity contribution in [2.24, 2.45) is 0 Å². The molecule has 0 bridgehead atoms. The summed E-state index contributed by atoms with van der Waals surface area (Å²) in [6.45, 7) is 6.17. The van der Waals surface area contributed by atoms with Crippen molar-refractivity contribution in [1.29, 1.82) is 0 Å². The summed E-state index contributed by atoms with van der Waals surface area (Å²) in [6.07, 6.45) is 3.30. The van der Waals surface area contributed by atoms with Gasteiger partial charge in [-0.25, -0.2) is 0 Å². The lowest BCUT2D eigenvalue weighted by molar-refractivity contribution is 0.276. The van der Waals surface area contributed by atoms with E-state index in [1.807, 2.05) is 20.1 Å². The highest BCUT2D eigenvalue weighted by Crippen LogP contribution is 2.58. The van der Waals surface area contributed by atoms with E-state index in [1.54, 1.807) is 11.4 Å². The van der Waals surface area contributed by atoms with Crippen LogP contribution in [0, 0.1) is 0 Å². The third-order valence-electron chi connectivity index (χ3n) is 1.04. The van der Waals surface area contributed by atoms with Crippen LogP contribution in [0.15, 0.2) is 0 Å². The fourth-order valence-corrected chi connectivity index (χ4v) is 3.77. The highest BCUT2D eigenvalue weighted by atomic mass is 32.9. The van der Waals surface area contributed by atoms with E-state index >= 15 is 0 Å². The molecule has 0 aliphatic rings. The van der Waals surface area contributed by atoms with E-state index < -0.39 is 5.47 Å². The van der Waals surface area contributed by atoms with E-state index in [0.29, 0.717) is 0 Å². The molecular weight excluding hydrogens is 183 g/mol. The molecule has 0 saturated carbocycles. The van der Waals surface area contributed by atoms with Gasteiger partial charge >= 0.3 is 0 Å². The number of hydrogen-bond donors (Lipinski definition) is 0. The Labute approximate surface area is 72.8 Å². The predicted octanol–water partition coefficient (Wildman–Crippen LogP) is 3.10. The van der Waals surface area contributed by atoms with Crippen molar-refractivity contribution in [3.05, 3.63) is 0 Å². The second kappa shape index (κ2) is 4.76. The molecular formula is C6H15OPS2. The van der Waals surface area contributed by atoms with Crippen LogP contribution in [0.4, 0.5) is 0 Å². The number of rotatable bonds is 4. The van der Waals surface area contributed by atoms with Gasteiger partial charge in [0.25, 0.3) is 0 Å². The van der Waals surface area contributed by atoms with Crippen LogP contribution in [0.1, 0.15) is 20.8 Å². The lowest BCUT2D eigenvalue weighted by atomic mass is 10.5. The van der Waals surface area contributed by atoms with Crippen LogP contribution in [0.25, 0.3) is 0 Å². The molecule has 0 aromatic rings. The van der Waals surface area contributed by atoms with Crippen LogP contribution in [0.3, 0.4) is 0 Å². The van der Waals surface area contributed by atoms with Crippen LogP contribution < -0.4 is 0 Å². The summed E-state index contributed by atoms with van der Waals surface area (Å²) >= 11 is 7.04. The Kier molecular flexibility index (Phi) is 5.22. The van der Waals surface area contributed by atoms with Gasteiger partial charge in [-0.05, 0) is 20.1 Å². The first kappa shape index (κ1) is 11.0. The van der Waals surface area contributed by atoms with E-state index in [4.69, 9.17) is 16.3 Å². The van der Waals surface area contributed by atoms with Gasteiger partial charge in [0.2, 0.25) is 0 Å². The predicted molar refractivity (Wildman–Crippen MR) is 54.6 cm³/mol. The van der Waals surface area contributed by atoms with Crippen LogP contribution >= 0.6 is 16.8 Å². The molecule has 0 amide bonds. The van der Waals surface area contributed by atoms with Crippen molar-refractivity contribution in [1.82, 2.24) is 0 Å².